The fraction of sp³-hybridized carbons (Fsp3) is 0.364. The lowest BCUT2D eigenvalue weighted by atomic mass is 10.2. The van der Waals surface area contributed by atoms with Crippen LogP contribution in [0.25, 0.3) is 0 Å². The number of rotatable bonds is 4. The largest absolute Gasteiger partial charge is 0.352 e. The quantitative estimate of drug-likeness (QED) is 0.850. The molecule has 0 aliphatic heterocycles. The average molecular weight is 309 g/mol. The van der Waals surface area contributed by atoms with Crippen molar-refractivity contribution < 1.29 is 9.18 Å². The first kappa shape index (κ1) is 13.5. The monoisotopic (exact) mass is 307 g/mol. The third-order valence-corrected chi connectivity index (χ3v) is 3.19. The summed E-state index contributed by atoms with van der Waals surface area (Å²) in [6.45, 7) is 2.45. The Bertz CT molecular complexity index is 386. The van der Waals surface area contributed by atoms with Crippen LogP contribution >= 0.6 is 27.5 Å². The molecular weight excluding hydrogens is 296 g/mol. The van der Waals surface area contributed by atoms with Gasteiger partial charge in [-0.1, -0.05) is 6.92 Å². The molecule has 5 heteroatoms. The Hall–Kier alpha value is -0.610. The van der Waals surface area contributed by atoms with Crippen LogP contribution in [-0.4, -0.2) is 18.3 Å². The number of amides is 1. The van der Waals surface area contributed by atoms with E-state index in [0.29, 0.717) is 18.0 Å². The molecule has 0 bridgehead atoms. The van der Waals surface area contributed by atoms with Gasteiger partial charge in [0.2, 0.25) is 0 Å². The average Bonchev–Trinajstić information content (AvgIpc) is 2.29. The van der Waals surface area contributed by atoms with Crippen LogP contribution in [-0.2, 0) is 0 Å². The zero-order chi connectivity index (χ0) is 12.1. The minimum Gasteiger partial charge on any atom is -0.352 e. The zero-order valence-corrected chi connectivity index (χ0v) is 11.1. The highest BCUT2D eigenvalue weighted by atomic mass is 79.9. The predicted octanol–water partition coefficient (Wildman–Crippen LogP) is 3.19. The first-order valence-electron chi connectivity index (χ1n) is 4.83. The van der Waals surface area contributed by atoms with Gasteiger partial charge in [0.05, 0.1) is 4.47 Å². The minimum atomic E-state index is -0.384. The number of nitrogens with one attached hydrogen (secondary N) is 1. The molecule has 1 aromatic carbocycles. The van der Waals surface area contributed by atoms with E-state index in [9.17, 15) is 9.18 Å². The number of carbonyl (C=O) groups is 1. The Morgan fingerprint density at radius 1 is 1.62 bits per heavy atom. The van der Waals surface area contributed by atoms with E-state index < -0.39 is 0 Å². The van der Waals surface area contributed by atoms with Crippen molar-refractivity contribution in [3.63, 3.8) is 0 Å². The summed E-state index contributed by atoms with van der Waals surface area (Å²) in [5, 5.41) is 2.73. The number of carbonyl (C=O) groups excluding carboxylic acids is 1. The molecule has 88 valence electrons. The van der Waals surface area contributed by atoms with Crippen LogP contribution in [0.2, 0.25) is 0 Å². The van der Waals surface area contributed by atoms with Crippen LogP contribution in [0.4, 0.5) is 4.39 Å². The van der Waals surface area contributed by atoms with Crippen molar-refractivity contribution in [2.45, 2.75) is 6.92 Å². The van der Waals surface area contributed by atoms with Gasteiger partial charge < -0.3 is 5.32 Å². The van der Waals surface area contributed by atoms with E-state index >= 15 is 0 Å². The van der Waals surface area contributed by atoms with E-state index in [1.807, 2.05) is 6.92 Å². The summed E-state index contributed by atoms with van der Waals surface area (Å²) in [5.41, 5.74) is 0.426. The lowest BCUT2D eigenvalue weighted by Crippen LogP contribution is -2.28. The van der Waals surface area contributed by atoms with Crippen LogP contribution in [0.1, 0.15) is 17.3 Å². The molecule has 1 unspecified atom stereocenters. The predicted molar refractivity (Wildman–Crippen MR) is 66.3 cm³/mol. The third-order valence-electron chi connectivity index (χ3n) is 2.06. The van der Waals surface area contributed by atoms with Crippen LogP contribution < -0.4 is 5.32 Å². The molecule has 0 spiro atoms. The van der Waals surface area contributed by atoms with E-state index in [4.69, 9.17) is 11.6 Å². The van der Waals surface area contributed by atoms with Gasteiger partial charge in [-0.05, 0) is 40.0 Å². The van der Waals surface area contributed by atoms with E-state index in [2.05, 4.69) is 21.2 Å². The van der Waals surface area contributed by atoms with E-state index in [0.717, 1.165) is 0 Å². The van der Waals surface area contributed by atoms with Gasteiger partial charge in [-0.2, -0.15) is 0 Å². The maximum atomic E-state index is 12.9. The van der Waals surface area contributed by atoms with Gasteiger partial charge in [-0.15, -0.1) is 11.6 Å². The van der Waals surface area contributed by atoms with Gasteiger partial charge in [0.25, 0.3) is 5.91 Å². The molecule has 1 amide bonds. The molecule has 2 nitrogen and oxygen atoms in total. The highest BCUT2D eigenvalue weighted by molar-refractivity contribution is 9.10. The van der Waals surface area contributed by atoms with Crippen LogP contribution in [0.5, 0.6) is 0 Å². The molecule has 0 aliphatic rings. The Morgan fingerprint density at radius 3 is 2.88 bits per heavy atom. The van der Waals surface area contributed by atoms with Gasteiger partial charge in [0, 0.05) is 18.0 Å². The van der Waals surface area contributed by atoms with Gasteiger partial charge >= 0.3 is 0 Å². The highest BCUT2D eigenvalue weighted by Crippen LogP contribution is 2.16. The van der Waals surface area contributed by atoms with Crippen molar-refractivity contribution in [2.75, 3.05) is 12.4 Å². The lowest BCUT2D eigenvalue weighted by molar-refractivity contribution is 0.0949. The molecule has 0 saturated heterocycles. The molecule has 0 aromatic heterocycles. The third kappa shape index (κ3) is 3.76. The Balaban J connectivity index is 2.63. The normalized spacial score (nSPS) is 12.2. The van der Waals surface area contributed by atoms with Gasteiger partial charge in [0.1, 0.15) is 5.82 Å². The van der Waals surface area contributed by atoms with E-state index in [1.54, 1.807) is 0 Å². The fourth-order valence-corrected chi connectivity index (χ4v) is 1.55. The second-order valence-corrected chi connectivity index (χ2v) is 4.76. The molecule has 0 saturated carbocycles. The summed E-state index contributed by atoms with van der Waals surface area (Å²) in [6, 6.07) is 4.15. The molecule has 0 heterocycles. The summed E-state index contributed by atoms with van der Waals surface area (Å²) >= 11 is 8.65. The standard InChI is InChI=1S/C11H12BrClFNO/c1-7(5-13)6-15-11(16)8-2-3-10(14)9(12)4-8/h2-4,7H,5-6H2,1H3,(H,15,16). The van der Waals surface area contributed by atoms with Gasteiger partial charge in [-0.3, -0.25) is 4.79 Å². The summed E-state index contributed by atoms with van der Waals surface area (Å²) in [5.74, 6) is 0.103. The smallest absolute Gasteiger partial charge is 0.251 e. The number of hydrogen-bond donors (Lipinski definition) is 1. The Labute approximate surface area is 107 Å². The zero-order valence-electron chi connectivity index (χ0n) is 8.77. The topological polar surface area (TPSA) is 29.1 Å². The first-order chi connectivity index (χ1) is 7.54. The molecule has 1 aromatic rings. The van der Waals surface area contributed by atoms with Crippen molar-refractivity contribution in [3.8, 4) is 0 Å². The Kier molecular flexibility index (Phi) is 5.22. The van der Waals surface area contributed by atoms with Crippen molar-refractivity contribution in [1.82, 2.24) is 5.32 Å². The maximum Gasteiger partial charge on any atom is 0.251 e. The number of benzene rings is 1. The van der Waals surface area contributed by atoms with Crippen molar-refractivity contribution in [2.24, 2.45) is 5.92 Å². The van der Waals surface area contributed by atoms with Crippen LogP contribution in [0.15, 0.2) is 22.7 Å². The molecule has 1 rings (SSSR count). The van der Waals surface area contributed by atoms with Crippen molar-refractivity contribution >= 4 is 33.4 Å². The van der Waals surface area contributed by atoms with Crippen LogP contribution in [0.3, 0.4) is 0 Å². The molecule has 0 radical (unpaired) electrons. The highest BCUT2D eigenvalue weighted by Gasteiger charge is 2.09. The minimum absolute atomic E-state index is 0.217. The summed E-state index contributed by atoms with van der Waals surface area (Å²) in [6.07, 6.45) is 0. The van der Waals surface area contributed by atoms with Gasteiger partial charge in [-0.25, -0.2) is 4.39 Å². The second-order valence-electron chi connectivity index (χ2n) is 3.60. The first-order valence-corrected chi connectivity index (χ1v) is 6.16. The van der Waals surface area contributed by atoms with Crippen molar-refractivity contribution in [3.05, 3.63) is 34.1 Å². The van der Waals surface area contributed by atoms with E-state index in [1.165, 1.54) is 18.2 Å². The van der Waals surface area contributed by atoms with Crippen LogP contribution in [0, 0.1) is 11.7 Å². The van der Waals surface area contributed by atoms with E-state index in [-0.39, 0.29) is 22.1 Å². The fourth-order valence-electron chi connectivity index (χ4n) is 1.06. The second kappa shape index (κ2) is 6.21. The lowest BCUT2D eigenvalue weighted by Gasteiger charge is -2.09. The summed E-state index contributed by atoms with van der Waals surface area (Å²) in [7, 11) is 0. The number of halogens is 3. The molecule has 1 atom stereocenters. The molecule has 0 fully saturated rings. The number of alkyl halides is 1. The summed E-state index contributed by atoms with van der Waals surface area (Å²) < 4.78 is 13.2. The molecular formula is C11H12BrClFNO. The Morgan fingerprint density at radius 2 is 2.31 bits per heavy atom. The SMILES string of the molecule is CC(CCl)CNC(=O)c1ccc(F)c(Br)c1. The summed E-state index contributed by atoms with van der Waals surface area (Å²) in [4.78, 5) is 11.6. The molecule has 0 aliphatic carbocycles. The molecule has 16 heavy (non-hydrogen) atoms. The maximum absolute atomic E-state index is 12.9. The number of hydrogen-bond acceptors (Lipinski definition) is 1. The van der Waals surface area contributed by atoms with Gasteiger partial charge in [0.15, 0.2) is 0 Å². The van der Waals surface area contributed by atoms with Crippen molar-refractivity contribution in [1.29, 1.82) is 0 Å². The molecule has 1 N–H and O–H groups in total.